The highest BCUT2D eigenvalue weighted by Gasteiger charge is 2.16. The van der Waals surface area contributed by atoms with Gasteiger partial charge < -0.3 is 20.7 Å². The molecular weight excluding hydrogens is 350 g/mol. The molecule has 6 nitrogen and oxygen atoms in total. The fourth-order valence-electron chi connectivity index (χ4n) is 2.74. The van der Waals surface area contributed by atoms with Crippen LogP contribution in [0.15, 0.2) is 41.8 Å². The van der Waals surface area contributed by atoms with Gasteiger partial charge in [0.1, 0.15) is 0 Å². The number of ether oxygens (including phenoxy) is 1. The van der Waals surface area contributed by atoms with Gasteiger partial charge in [0.25, 0.3) is 0 Å². The van der Waals surface area contributed by atoms with Crippen LogP contribution in [0.4, 0.5) is 16.2 Å². The van der Waals surface area contributed by atoms with E-state index in [1.807, 2.05) is 17.5 Å². The van der Waals surface area contributed by atoms with Crippen molar-refractivity contribution in [3.05, 3.63) is 46.7 Å². The number of hydrogen-bond acceptors (Lipinski definition) is 4. The van der Waals surface area contributed by atoms with Crippen LogP contribution in [0, 0.1) is 0 Å². The molecule has 7 heteroatoms. The highest BCUT2D eigenvalue weighted by molar-refractivity contribution is 7.09. The number of nitrogens with one attached hydrogen (secondary N) is 3. The smallest absolute Gasteiger partial charge is 0.319 e. The number of benzene rings is 1. The van der Waals surface area contributed by atoms with Gasteiger partial charge in [0.05, 0.1) is 6.10 Å². The maximum Gasteiger partial charge on any atom is 0.319 e. The van der Waals surface area contributed by atoms with Crippen LogP contribution in [0.3, 0.4) is 0 Å². The molecular formula is C19H23N3O3S. The summed E-state index contributed by atoms with van der Waals surface area (Å²) >= 11 is 1.66. The van der Waals surface area contributed by atoms with E-state index in [0.717, 1.165) is 25.9 Å². The predicted molar refractivity (Wildman–Crippen MR) is 104 cm³/mol. The molecule has 1 aromatic heterocycles. The lowest BCUT2D eigenvalue weighted by Gasteiger charge is -2.12. The summed E-state index contributed by atoms with van der Waals surface area (Å²) in [5.74, 6) is -0.0200. The zero-order valence-corrected chi connectivity index (χ0v) is 15.3. The van der Waals surface area contributed by atoms with Crippen LogP contribution in [-0.2, 0) is 16.0 Å². The van der Waals surface area contributed by atoms with Gasteiger partial charge in [-0.1, -0.05) is 6.07 Å². The first-order chi connectivity index (χ1) is 12.7. The summed E-state index contributed by atoms with van der Waals surface area (Å²) in [5.41, 5.74) is 1.39. The van der Waals surface area contributed by atoms with Gasteiger partial charge in [0.2, 0.25) is 5.91 Å². The van der Waals surface area contributed by atoms with E-state index in [1.54, 1.807) is 35.6 Å². The maximum absolute atomic E-state index is 12.0. The molecule has 3 amide bonds. The summed E-state index contributed by atoms with van der Waals surface area (Å²) in [6.07, 6.45) is 3.35. The first-order valence-electron chi connectivity index (χ1n) is 8.78. The molecule has 3 N–H and O–H groups in total. The van der Waals surface area contributed by atoms with E-state index < -0.39 is 0 Å². The minimum atomic E-state index is -0.256. The van der Waals surface area contributed by atoms with Crippen LogP contribution < -0.4 is 16.0 Å². The number of rotatable bonds is 7. The van der Waals surface area contributed by atoms with Gasteiger partial charge in [0.15, 0.2) is 0 Å². The number of anilines is 2. The van der Waals surface area contributed by atoms with Crippen LogP contribution in [0.2, 0.25) is 0 Å². The second kappa shape index (κ2) is 9.35. The molecule has 26 heavy (non-hydrogen) atoms. The minimum absolute atomic E-state index is 0.0200. The van der Waals surface area contributed by atoms with Crippen molar-refractivity contribution in [1.29, 1.82) is 0 Å². The molecule has 2 heterocycles. The highest BCUT2D eigenvalue weighted by atomic mass is 32.1. The molecule has 0 bridgehead atoms. The van der Waals surface area contributed by atoms with Crippen LogP contribution in [0.25, 0.3) is 0 Å². The number of carbonyl (C=O) groups is 2. The van der Waals surface area contributed by atoms with Crippen molar-refractivity contribution in [1.82, 2.24) is 5.32 Å². The van der Waals surface area contributed by atoms with Crippen molar-refractivity contribution in [3.63, 3.8) is 0 Å². The van der Waals surface area contributed by atoms with Crippen molar-refractivity contribution in [2.75, 3.05) is 23.8 Å². The molecule has 138 valence electrons. The largest absolute Gasteiger partial charge is 0.376 e. The predicted octanol–water partition coefficient (Wildman–Crippen LogP) is 3.62. The number of carbonyl (C=O) groups excluding carboxylic acids is 2. The van der Waals surface area contributed by atoms with E-state index in [4.69, 9.17) is 4.74 Å². The Labute approximate surface area is 156 Å². The van der Waals surface area contributed by atoms with Gasteiger partial charge >= 0.3 is 6.03 Å². The Morgan fingerprint density at radius 3 is 2.54 bits per heavy atom. The van der Waals surface area contributed by atoms with E-state index in [2.05, 4.69) is 16.0 Å². The normalized spacial score (nSPS) is 16.2. The zero-order chi connectivity index (χ0) is 18.2. The Morgan fingerprint density at radius 2 is 1.88 bits per heavy atom. The Balaban J connectivity index is 1.39. The fraction of sp³-hybridized carbons (Fsp3) is 0.368. The van der Waals surface area contributed by atoms with Crippen molar-refractivity contribution >= 4 is 34.6 Å². The average molecular weight is 373 g/mol. The molecule has 1 saturated heterocycles. The number of thiophene rings is 1. The van der Waals surface area contributed by atoms with E-state index in [0.29, 0.717) is 24.3 Å². The lowest BCUT2D eigenvalue weighted by Crippen LogP contribution is -2.35. The number of hydrogen-bond donors (Lipinski definition) is 3. The first kappa shape index (κ1) is 18.4. The summed E-state index contributed by atoms with van der Waals surface area (Å²) in [7, 11) is 0. The van der Waals surface area contributed by atoms with Crippen molar-refractivity contribution in [2.24, 2.45) is 0 Å². The third kappa shape index (κ3) is 5.86. The third-order valence-electron chi connectivity index (χ3n) is 4.12. The topological polar surface area (TPSA) is 79.5 Å². The van der Waals surface area contributed by atoms with Crippen LogP contribution in [0.5, 0.6) is 0 Å². The molecule has 0 aliphatic carbocycles. The summed E-state index contributed by atoms with van der Waals surface area (Å²) in [5, 5.41) is 10.5. The van der Waals surface area contributed by atoms with Gasteiger partial charge in [-0.05, 0) is 55.0 Å². The molecule has 2 aromatic rings. The van der Waals surface area contributed by atoms with E-state index in [1.165, 1.54) is 4.88 Å². The standard InChI is InChI=1S/C19H23N3O3S/c23-18(10-9-17-4-2-12-26-17)21-14-5-7-15(8-6-14)22-19(24)20-13-16-3-1-11-25-16/h2,4-8,12,16H,1,3,9-11,13H2,(H,21,23)(H2,20,22,24). The third-order valence-corrected chi connectivity index (χ3v) is 5.06. The van der Waals surface area contributed by atoms with Gasteiger partial charge in [-0.3, -0.25) is 4.79 Å². The maximum atomic E-state index is 12.0. The molecule has 0 radical (unpaired) electrons. The number of aryl methyl sites for hydroxylation is 1. The summed E-state index contributed by atoms with van der Waals surface area (Å²) in [6.45, 7) is 1.29. The average Bonchev–Trinajstić information content (AvgIpc) is 3.34. The molecule has 1 aliphatic rings. The Hall–Kier alpha value is -2.38. The Bertz CT molecular complexity index is 710. The first-order valence-corrected chi connectivity index (χ1v) is 9.66. The fourth-order valence-corrected chi connectivity index (χ4v) is 3.45. The van der Waals surface area contributed by atoms with Gasteiger partial charge in [-0.15, -0.1) is 11.3 Å². The van der Waals surface area contributed by atoms with Crippen LogP contribution in [0.1, 0.15) is 24.1 Å². The van der Waals surface area contributed by atoms with Gasteiger partial charge in [-0.2, -0.15) is 0 Å². The zero-order valence-electron chi connectivity index (χ0n) is 14.5. The van der Waals surface area contributed by atoms with Crippen molar-refractivity contribution < 1.29 is 14.3 Å². The van der Waals surface area contributed by atoms with E-state index in [-0.39, 0.29) is 18.0 Å². The van der Waals surface area contributed by atoms with Crippen LogP contribution in [-0.4, -0.2) is 31.2 Å². The second-order valence-electron chi connectivity index (χ2n) is 6.17. The Morgan fingerprint density at radius 1 is 1.12 bits per heavy atom. The molecule has 1 aliphatic heterocycles. The quantitative estimate of drug-likeness (QED) is 0.693. The molecule has 0 saturated carbocycles. The van der Waals surface area contributed by atoms with Gasteiger partial charge in [0, 0.05) is 35.8 Å². The number of urea groups is 1. The van der Waals surface area contributed by atoms with Crippen molar-refractivity contribution in [2.45, 2.75) is 31.8 Å². The molecule has 0 spiro atoms. The lowest BCUT2D eigenvalue weighted by molar-refractivity contribution is -0.116. The Kier molecular flexibility index (Phi) is 6.62. The SMILES string of the molecule is O=C(CCc1cccs1)Nc1ccc(NC(=O)NCC2CCCO2)cc1. The highest BCUT2D eigenvalue weighted by Crippen LogP contribution is 2.15. The summed E-state index contributed by atoms with van der Waals surface area (Å²) < 4.78 is 5.47. The van der Waals surface area contributed by atoms with E-state index in [9.17, 15) is 9.59 Å². The van der Waals surface area contributed by atoms with Crippen LogP contribution >= 0.6 is 11.3 Å². The molecule has 1 unspecified atom stereocenters. The molecule has 1 aromatic carbocycles. The summed E-state index contributed by atoms with van der Waals surface area (Å²) in [6, 6.07) is 10.8. The number of amides is 3. The second-order valence-corrected chi connectivity index (χ2v) is 7.21. The minimum Gasteiger partial charge on any atom is -0.376 e. The lowest BCUT2D eigenvalue weighted by atomic mass is 10.2. The molecule has 3 rings (SSSR count). The van der Waals surface area contributed by atoms with Crippen molar-refractivity contribution in [3.8, 4) is 0 Å². The molecule has 1 fully saturated rings. The monoisotopic (exact) mass is 373 g/mol. The molecule has 1 atom stereocenters. The van der Waals surface area contributed by atoms with E-state index >= 15 is 0 Å². The van der Waals surface area contributed by atoms with Gasteiger partial charge in [-0.25, -0.2) is 4.79 Å². The summed E-state index contributed by atoms with van der Waals surface area (Å²) in [4.78, 5) is 25.1.